The number of hydrogen-bond donors (Lipinski definition) is 1. The van der Waals surface area contributed by atoms with Crippen molar-refractivity contribution < 1.29 is 5.11 Å². The van der Waals surface area contributed by atoms with E-state index >= 15 is 0 Å². The molecule has 0 saturated heterocycles. The highest BCUT2D eigenvalue weighted by Crippen LogP contribution is 2.36. The summed E-state index contributed by atoms with van der Waals surface area (Å²) in [5.41, 5.74) is 3.64. The van der Waals surface area contributed by atoms with Gasteiger partial charge in [0.2, 0.25) is 0 Å². The van der Waals surface area contributed by atoms with Gasteiger partial charge in [-0.3, -0.25) is 4.68 Å². The van der Waals surface area contributed by atoms with Crippen molar-refractivity contribution in [1.29, 1.82) is 10.5 Å². The molecule has 0 fully saturated rings. The van der Waals surface area contributed by atoms with Gasteiger partial charge >= 0.3 is 0 Å². The number of unbranched alkanes of at least 4 members (excludes halogenated alkanes) is 1. The number of aliphatic hydroxyl groups is 1. The molecule has 0 saturated carbocycles. The highest BCUT2D eigenvalue weighted by atomic mass is 32.2. The van der Waals surface area contributed by atoms with Gasteiger partial charge in [-0.15, -0.1) is 0 Å². The minimum atomic E-state index is 0.177. The molecule has 1 N–H and O–H groups in total. The van der Waals surface area contributed by atoms with Gasteiger partial charge in [-0.1, -0.05) is 23.9 Å². The van der Waals surface area contributed by atoms with Crippen LogP contribution in [0.2, 0.25) is 0 Å². The van der Waals surface area contributed by atoms with Gasteiger partial charge in [-0.2, -0.15) is 20.7 Å². The highest BCUT2D eigenvalue weighted by molar-refractivity contribution is 7.99. The number of aryl methyl sites for hydroxylation is 1. The van der Waals surface area contributed by atoms with Crippen molar-refractivity contribution in [2.75, 3.05) is 6.61 Å². The van der Waals surface area contributed by atoms with E-state index in [-0.39, 0.29) is 6.61 Å². The van der Waals surface area contributed by atoms with Crippen LogP contribution in [0.25, 0.3) is 16.6 Å². The Morgan fingerprint density at radius 1 is 0.933 bits per heavy atom. The van der Waals surface area contributed by atoms with E-state index < -0.39 is 0 Å². The van der Waals surface area contributed by atoms with Crippen molar-refractivity contribution in [3.63, 3.8) is 0 Å². The van der Waals surface area contributed by atoms with Crippen LogP contribution in [0.4, 0.5) is 0 Å². The number of fused-ring (bicyclic) bond motifs is 1. The van der Waals surface area contributed by atoms with E-state index in [2.05, 4.69) is 22.3 Å². The second-order valence-corrected chi connectivity index (χ2v) is 7.77. The molecule has 0 spiro atoms. The molecule has 0 aliphatic rings. The van der Waals surface area contributed by atoms with Crippen LogP contribution in [0, 0.1) is 22.7 Å². The molecule has 0 atom stereocenters. The predicted octanol–water partition coefficient (Wildman–Crippen LogP) is 3.86. The van der Waals surface area contributed by atoms with Gasteiger partial charge < -0.3 is 5.11 Å². The first-order valence-corrected chi connectivity index (χ1v) is 10.3. The Hall–Kier alpha value is -3.59. The fourth-order valence-electron chi connectivity index (χ4n) is 3.19. The molecule has 0 unspecified atom stereocenters. The van der Waals surface area contributed by atoms with Crippen molar-refractivity contribution in [3.05, 3.63) is 66.2 Å². The maximum Gasteiger partial charge on any atom is 0.103 e. The van der Waals surface area contributed by atoms with Gasteiger partial charge in [0.1, 0.15) is 12.1 Å². The summed E-state index contributed by atoms with van der Waals surface area (Å²) in [6.45, 7) is 0.913. The van der Waals surface area contributed by atoms with Gasteiger partial charge in [0.15, 0.2) is 0 Å². The van der Waals surface area contributed by atoms with Crippen molar-refractivity contribution in [3.8, 4) is 23.3 Å². The summed E-state index contributed by atoms with van der Waals surface area (Å²) in [6.07, 6.45) is 8.79. The molecule has 0 bridgehead atoms. The first-order chi connectivity index (χ1) is 14.7. The Balaban J connectivity index is 1.76. The largest absolute Gasteiger partial charge is 0.396 e. The lowest BCUT2D eigenvalue weighted by molar-refractivity contribution is 0.280. The van der Waals surface area contributed by atoms with Crippen molar-refractivity contribution >= 4 is 17.3 Å². The second kappa shape index (κ2) is 8.83. The Bertz CT molecular complexity index is 1280. The van der Waals surface area contributed by atoms with Gasteiger partial charge in [0.05, 0.1) is 29.0 Å². The number of aliphatic hydroxyl groups excluding tert-OH is 1. The molecule has 4 rings (SSSR count). The molecule has 0 aliphatic heterocycles. The van der Waals surface area contributed by atoms with E-state index in [1.807, 2.05) is 41.3 Å². The number of benzene rings is 1. The molecule has 0 aliphatic carbocycles. The van der Waals surface area contributed by atoms with Crippen LogP contribution in [-0.2, 0) is 6.54 Å². The fraction of sp³-hybridized carbons (Fsp3) is 0.182. The molecule has 7 nitrogen and oxygen atoms in total. The normalized spacial score (nSPS) is 10.8. The smallest absolute Gasteiger partial charge is 0.103 e. The minimum Gasteiger partial charge on any atom is -0.396 e. The molecule has 3 heterocycles. The highest BCUT2D eigenvalue weighted by Gasteiger charge is 2.15. The van der Waals surface area contributed by atoms with Gasteiger partial charge in [-0.25, -0.2) is 4.52 Å². The van der Waals surface area contributed by atoms with Gasteiger partial charge in [0, 0.05) is 46.5 Å². The van der Waals surface area contributed by atoms with Crippen LogP contribution in [0.15, 0.2) is 64.9 Å². The molecule has 8 heteroatoms. The number of pyridine rings is 1. The zero-order valence-corrected chi connectivity index (χ0v) is 16.9. The SMILES string of the molecule is N#Cc1ccccc1Sc1cc(-c2cnn(CCCCO)c2)cn2ncc(C#N)c12. The summed E-state index contributed by atoms with van der Waals surface area (Å²) in [4.78, 5) is 1.67. The average molecular weight is 414 g/mol. The van der Waals surface area contributed by atoms with Crippen LogP contribution in [0.3, 0.4) is 0 Å². The quantitative estimate of drug-likeness (QED) is 0.461. The standard InChI is InChI=1S/C22H18N6OS/c23-10-16-5-1-2-6-20(16)30-21-9-17(15-28-22(21)18(11-24)12-26-28)19-13-25-27(14-19)7-3-4-8-29/h1-2,5-6,9,12-15,29H,3-4,7-8H2. The van der Waals surface area contributed by atoms with Crippen molar-refractivity contribution in [2.24, 2.45) is 0 Å². The maximum atomic E-state index is 9.51. The lowest BCUT2D eigenvalue weighted by atomic mass is 10.1. The predicted molar refractivity (Wildman–Crippen MR) is 113 cm³/mol. The van der Waals surface area contributed by atoms with Crippen molar-refractivity contribution in [2.45, 2.75) is 29.2 Å². The van der Waals surface area contributed by atoms with E-state index in [9.17, 15) is 10.5 Å². The number of hydrogen-bond acceptors (Lipinski definition) is 6. The van der Waals surface area contributed by atoms with Gasteiger partial charge in [-0.05, 0) is 31.0 Å². The first kappa shape index (κ1) is 19.7. The maximum absolute atomic E-state index is 9.51. The van der Waals surface area contributed by atoms with Crippen LogP contribution in [0.5, 0.6) is 0 Å². The summed E-state index contributed by atoms with van der Waals surface area (Å²) >= 11 is 1.45. The average Bonchev–Trinajstić information content (AvgIpc) is 3.41. The summed E-state index contributed by atoms with van der Waals surface area (Å²) in [5.74, 6) is 0. The zero-order chi connectivity index (χ0) is 20.9. The Labute approximate surface area is 177 Å². The van der Waals surface area contributed by atoms with E-state index in [4.69, 9.17) is 5.11 Å². The molecular weight excluding hydrogens is 396 g/mol. The number of aromatic nitrogens is 4. The second-order valence-electron chi connectivity index (χ2n) is 6.69. The summed E-state index contributed by atoms with van der Waals surface area (Å²) in [5, 5.41) is 36.7. The molecule has 0 radical (unpaired) electrons. The lowest BCUT2D eigenvalue weighted by Gasteiger charge is -2.09. The molecular formula is C22H18N6OS. The van der Waals surface area contributed by atoms with Crippen LogP contribution < -0.4 is 0 Å². The van der Waals surface area contributed by atoms with Crippen LogP contribution in [-0.4, -0.2) is 31.1 Å². The third-order valence-electron chi connectivity index (χ3n) is 4.69. The third-order valence-corrected chi connectivity index (χ3v) is 5.79. The van der Waals surface area contributed by atoms with E-state index in [1.54, 1.807) is 23.0 Å². The molecule has 30 heavy (non-hydrogen) atoms. The monoisotopic (exact) mass is 414 g/mol. The summed E-state index contributed by atoms with van der Waals surface area (Å²) < 4.78 is 3.56. The lowest BCUT2D eigenvalue weighted by Crippen LogP contribution is -1.98. The number of rotatable bonds is 7. The Morgan fingerprint density at radius 2 is 1.77 bits per heavy atom. The minimum absolute atomic E-state index is 0.177. The summed E-state index contributed by atoms with van der Waals surface area (Å²) in [6, 6.07) is 13.8. The molecule has 148 valence electrons. The number of nitriles is 2. The molecule has 3 aromatic heterocycles. The molecule has 0 amide bonds. The first-order valence-electron chi connectivity index (χ1n) is 9.45. The van der Waals surface area contributed by atoms with Crippen molar-refractivity contribution in [1.82, 2.24) is 19.4 Å². The fourth-order valence-corrected chi connectivity index (χ4v) is 4.28. The Kier molecular flexibility index (Phi) is 5.80. The third kappa shape index (κ3) is 3.92. The topological polar surface area (TPSA) is 103 Å². The molecule has 4 aromatic rings. The van der Waals surface area contributed by atoms with Gasteiger partial charge in [0.25, 0.3) is 0 Å². The number of nitrogens with zero attached hydrogens (tertiary/aromatic N) is 6. The van der Waals surface area contributed by atoms with Crippen LogP contribution in [0.1, 0.15) is 24.0 Å². The van der Waals surface area contributed by atoms with E-state index in [1.165, 1.54) is 11.8 Å². The van der Waals surface area contributed by atoms with E-state index in [0.717, 1.165) is 40.3 Å². The van der Waals surface area contributed by atoms with E-state index in [0.29, 0.717) is 16.6 Å². The summed E-state index contributed by atoms with van der Waals surface area (Å²) in [7, 11) is 0. The molecule has 1 aromatic carbocycles. The van der Waals surface area contributed by atoms with Crippen LogP contribution >= 0.6 is 11.8 Å². The zero-order valence-electron chi connectivity index (χ0n) is 16.1. The Morgan fingerprint density at radius 3 is 2.57 bits per heavy atom.